The van der Waals surface area contributed by atoms with Crippen molar-refractivity contribution in [2.75, 3.05) is 39.2 Å². The Morgan fingerprint density at radius 2 is 1.86 bits per heavy atom. The van der Waals surface area contributed by atoms with E-state index in [2.05, 4.69) is 36.9 Å². The Morgan fingerprint density at radius 3 is 2.54 bits per heavy atom. The fourth-order valence-electron chi connectivity index (χ4n) is 2.43. The molecule has 0 aromatic heterocycles. The molecular weight excluding hydrogens is 424 g/mol. The van der Waals surface area contributed by atoms with Crippen LogP contribution in [0.15, 0.2) is 51.9 Å². The van der Waals surface area contributed by atoms with Gasteiger partial charge in [0.2, 0.25) is 0 Å². The number of ether oxygens (including phenoxy) is 2. The number of carbonyl (C=O) groups is 1. The lowest BCUT2D eigenvalue weighted by Crippen LogP contribution is -2.32. The van der Waals surface area contributed by atoms with Gasteiger partial charge in [-0.25, -0.2) is 0 Å². The van der Waals surface area contributed by atoms with Crippen LogP contribution in [0.4, 0.5) is 5.69 Å². The molecule has 1 amide bonds. The van der Waals surface area contributed by atoms with Crippen LogP contribution in [0.2, 0.25) is 0 Å². The summed E-state index contributed by atoms with van der Waals surface area (Å²) in [5.41, 5.74) is 1.42. The van der Waals surface area contributed by atoms with Gasteiger partial charge in [0.15, 0.2) is 17.5 Å². The average molecular weight is 449 g/mol. The number of nitrogens with one attached hydrogen (secondary N) is 3. The molecule has 0 saturated heterocycles. The van der Waals surface area contributed by atoms with E-state index in [4.69, 9.17) is 9.47 Å². The summed E-state index contributed by atoms with van der Waals surface area (Å²) in [6.07, 6.45) is 0. The molecule has 0 fully saturated rings. The van der Waals surface area contributed by atoms with Crippen LogP contribution in [0.25, 0.3) is 0 Å². The maximum Gasteiger partial charge on any atom is 0.251 e. The Morgan fingerprint density at radius 1 is 1.07 bits per heavy atom. The van der Waals surface area contributed by atoms with Gasteiger partial charge < -0.3 is 25.4 Å². The molecule has 0 radical (unpaired) electrons. The Hall–Kier alpha value is -2.74. The highest BCUT2D eigenvalue weighted by atomic mass is 79.9. The van der Waals surface area contributed by atoms with Gasteiger partial charge in [0, 0.05) is 34.9 Å². The highest BCUT2D eigenvalue weighted by Gasteiger charge is 2.07. The minimum absolute atomic E-state index is 0.130. The second kappa shape index (κ2) is 11.2. The summed E-state index contributed by atoms with van der Waals surface area (Å²) in [4.78, 5) is 16.6. The lowest BCUT2D eigenvalue weighted by atomic mass is 10.2. The molecule has 2 rings (SSSR count). The number of anilines is 1. The first-order valence-electron chi connectivity index (χ1n) is 8.88. The zero-order valence-corrected chi connectivity index (χ0v) is 17.8. The third kappa shape index (κ3) is 6.45. The van der Waals surface area contributed by atoms with E-state index < -0.39 is 0 Å². The predicted octanol–water partition coefficient (Wildman–Crippen LogP) is 3.27. The highest BCUT2D eigenvalue weighted by molar-refractivity contribution is 9.10. The fourth-order valence-corrected chi connectivity index (χ4v) is 2.83. The molecule has 0 saturated carbocycles. The number of guanidine groups is 1. The molecule has 0 bridgehead atoms. The maximum absolute atomic E-state index is 12.2. The van der Waals surface area contributed by atoms with Crippen molar-refractivity contribution in [3.05, 3.63) is 52.5 Å². The minimum Gasteiger partial charge on any atom is -0.493 e. The quantitative estimate of drug-likeness (QED) is 0.327. The van der Waals surface area contributed by atoms with Crippen LogP contribution < -0.4 is 25.4 Å². The lowest BCUT2D eigenvalue weighted by molar-refractivity contribution is 0.0954. The first kappa shape index (κ1) is 21.6. The molecule has 0 heterocycles. The summed E-state index contributed by atoms with van der Waals surface area (Å²) in [7, 11) is 3.19. The van der Waals surface area contributed by atoms with E-state index >= 15 is 0 Å². The van der Waals surface area contributed by atoms with Gasteiger partial charge in [-0.15, -0.1) is 0 Å². The number of hydrogen-bond donors (Lipinski definition) is 3. The number of halogens is 1. The Labute approximate surface area is 173 Å². The molecule has 0 spiro atoms. The minimum atomic E-state index is -0.130. The molecule has 8 heteroatoms. The number of methoxy groups -OCH3 is 2. The largest absolute Gasteiger partial charge is 0.493 e. The number of carbonyl (C=O) groups excluding carboxylic acids is 1. The molecule has 2 aromatic rings. The summed E-state index contributed by atoms with van der Waals surface area (Å²) in [6, 6.07) is 12.8. The normalized spacial score (nSPS) is 10.9. The van der Waals surface area contributed by atoms with Crippen LogP contribution in [0, 0.1) is 0 Å². The van der Waals surface area contributed by atoms with E-state index in [1.165, 1.54) is 0 Å². The zero-order valence-electron chi connectivity index (χ0n) is 16.2. The summed E-state index contributed by atoms with van der Waals surface area (Å²) >= 11 is 3.36. The molecule has 0 atom stereocenters. The van der Waals surface area contributed by atoms with Crippen molar-refractivity contribution in [3.63, 3.8) is 0 Å². The van der Waals surface area contributed by atoms with Gasteiger partial charge in [-0.1, -0.05) is 22.0 Å². The van der Waals surface area contributed by atoms with Gasteiger partial charge in [0.1, 0.15) is 0 Å². The lowest BCUT2D eigenvalue weighted by Gasteiger charge is -2.14. The van der Waals surface area contributed by atoms with Gasteiger partial charge in [0.25, 0.3) is 5.91 Å². The molecule has 28 heavy (non-hydrogen) atoms. The van der Waals surface area contributed by atoms with Crippen molar-refractivity contribution in [1.29, 1.82) is 0 Å². The van der Waals surface area contributed by atoms with E-state index in [1.807, 2.05) is 37.3 Å². The third-order valence-corrected chi connectivity index (χ3v) is 4.24. The second-order valence-corrected chi connectivity index (χ2v) is 6.64. The summed E-state index contributed by atoms with van der Waals surface area (Å²) < 4.78 is 11.4. The van der Waals surface area contributed by atoms with E-state index in [0.717, 1.165) is 10.2 Å². The molecule has 3 N–H and O–H groups in total. The topological polar surface area (TPSA) is 84.0 Å². The number of nitrogens with zero attached hydrogens (tertiary/aromatic N) is 1. The van der Waals surface area contributed by atoms with E-state index in [0.29, 0.717) is 42.7 Å². The van der Waals surface area contributed by atoms with Crippen LogP contribution in [0.1, 0.15) is 17.3 Å². The van der Waals surface area contributed by atoms with Gasteiger partial charge in [-0.05, 0) is 37.3 Å². The predicted molar refractivity (Wildman–Crippen MR) is 116 cm³/mol. The Balaban J connectivity index is 1.94. The molecule has 2 aromatic carbocycles. The molecule has 0 aliphatic heterocycles. The van der Waals surface area contributed by atoms with Gasteiger partial charge in [0.05, 0.1) is 20.8 Å². The standard InChI is InChI=1S/C20H25BrN4O3/c1-4-22-20(25-16-8-9-17(27-2)18(13-16)28-3)24-11-10-23-19(26)14-6-5-7-15(21)12-14/h5-9,12-13H,4,10-11H2,1-3H3,(H,23,26)(H2,22,24,25). The fraction of sp³-hybridized carbons (Fsp3) is 0.300. The van der Waals surface area contributed by atoms with Crippen molar-refractivity contribution in [1.82, 2.24) is 10.6 Å². The van der Waals surface area contributed by atoms with Gasteiger partial charge in [-0.3, -0.25) is 9.79 Å². The van der Waals surface area contributed by atoms with Crippen molar-refractivity contribution in [3.8, 4) is 11.5 Å². The van der Waals surface area contributed by atoms with Crippen molar-refractivity contribution in [2.45, 2.75) is 6.92 Å². The number of amides is 1. The Bertz CT molecular complexity index is 827. The highest BCUT2D eigenvalue weighted by Crippen LogP contribution is 2.29. The second-order valence-electron chi connectivity index (χ2n) is 5.72. The molecular formula is C20H25BrN4O3. The number of benzene rings is 2. The average Bonchev–Trinajstić information content (AvgIpc) is 2.71. The van der Waals surface area contributed by atoms with Gasteiger partial charge >= 0.3 is 0 Å². The number of aliphatic imine (C=N–C) groups is 1. The van der Waals surface area contributed by atoms with Crippen LogP contribution in [-0.2, 0) is 0 Å². The van der Waals surface area contributed by atoms with Crippen LogP contribution in [0.3, 0.4) is 0 Å². The van der Waals surface area contributed by atoms with E-state index in [1.54, 1.807) is 26.4 Å². The summed E-state index contributed by atoms with van der Waals surface area (Å²) in [6.45, 7) is 3.56. The SMILES string of the molecule is CCNC(=NCCNC(=O)c1cccc(Br)c1)Nc1ccc(OC)c(OC)c1. The first-order chi connectivity index (χ1) is 13.6. The molecule has 7 nitrogen and oxygen atoms in total. The third-order valence-electron chi connectivity index (χ3n) is 3.74. The van der Waals surface area contributed by atoms with Crippen LogP contribution in [-0.4, -0.2) is 45.7 Å². The zero-order chi connectivity index (χ0) is 20.4. The molecule has 150 valence electrons. The number of rotatable bonds is 8. The first-order valence-corrected chi connectivity index (χ1v) is 9.67. The van der Waals surface area contributed by atoms with Crippen molar-refractivity contribution < 1.29 is 14.3 Å². The van der Waals surface area contributed by atoms with Crippen LogP contribution >= 0.6 is 15.9 Å². The number of hydrogen-bond acceptors (Lipinski definition) is 4. The van der Waals surface area contributed by atoms with Crippen molar-refractivity contribution >= 4 is 33.5 Å². The monoisotopic (exact) mass is 448 g/mol. The van der Waals surface area contributed by atoms with Crippen LogP contribution in [0.5, 0.6) is 11.5 Å². The summed E-state index contributed by atoms with van der Waals surface area (Å²) in [5, 5.41) is 9.25. The van der Waals surface area contributed by atoms with E-state index in [-0.39, 0.29) is 5.91 Å². The summed E-state index contributed by atoms with van der Waals surface area (Å²) in [5.74, 6) is 1.77. The molecule has 0 aliphatic rings. The van der Waals surface area contributed by atoms with Crippen molar-refractivity contribution in [2.24, 2.45) is 4.99 Å². The molecule has 0 aliphatic carbocycles. The van der Waals surface area contributed by atoms with E-state index in [9.17, 15) is 4.79 Å². The smallest absolute Gasteiger partial charge is 0.251 e. The maximum atomic E-state index is 12.2. The molecule has 0 unspecified atom stereocenters. The van der Waals surface area contributed by atoms with Gasteiger partial charge in [-0.2, -0.15) is 0 Å². The Kier molecular flexibility index (Phi) is 8.61.